The van der Waals surface area contributed by atoms with Gasteiger partial charge in [0.2, 0.25) is 5.88 Å². The zero-order chi connectivity index (χ0) is 20.1. The summed E-state index contributed by atoms with van der Waals surface area (Å²) in [5.41, 5.74) is 1.64. The second kappa shape index (κ2) is 6.48. The molecule has 9 nitrogen and oxygen atoms in total. The van der Waals surface area contributed by atoms with Gasteiger partial charge in [-0.2, -0.15) is 10.2 Å². The first-order chi connectivity index (χ1) is 13.9. The molecule has 3 atom stereocenters. The van der Waals surface area contributed by atoms with E-state index >= 15 is 0 Å². The number of nitrogens with zero attached hydrogens (tertiary/aromatic N) is 6. The Hall–Kier alpha value is -3.07. The summed E-state index contributed by atoms with van der Waals surface area (Å²) in [6.07, 6.45) is 9.06. The van der Waals surface area contributed by atoms with Gasteiger partial charge in [-0.05, 0) is 32.8 Å². The molecule has 2 bridgehead atoms. The van der Waals surface area contributed by atoms with Crippen LogP contribution in [-0.4, -0.2) is 52.5 Å². The normalized spacial score (nSPS) is 28.4. The number of aromatic hydroxyl groups is 1. The summed E-state index contributed by atoms with van der Waals surface area (Å²) >= 11 is 0. The monoisotopic (exact) mass is 393 g/mol. The van der Waals surface area contributed by atoms with E-state index in [1.165, 1.54) is 17.6 Å². The first-order valence-electron chi connectivity index (χ1n) is 9.77. The SMILES string of the molecule is C[C@]12CC[C@](C)(C[C@H](Oc3ccc(-c4ncc(-n5nccn5)cc4O)nn3)C1)N2. The Morgan fingerprint density at radius 2 is 1.83 bits per heavy atom. The molecule has 9 heteroatoms. The quantitative estimate of drug-likeness (QED) is 0.694. The van der Waals surface area contributed by atoms with Crippen molar-refractivity contribution in [2.75, 3.05) is 0 Å². The Kier molecular flexibility index (Phi) is 4.02. The summed E-state index contributed by atoms with van der Waals surface area (Å²) in [6, 6.07) is 5.08. The fourth-order valence-electron chi connectivity index (χ4n) is 4.65. The molecule has 0 amide bonds. The molecule has 3 aromatic rings. The van der Waals surface area contributed by atoms with Crippen molar-refractivity contribution in [1.29, 1.82) is 0 Å². The smallest absolute Gasteiger partial charge is 0.233 e. The van der Waals surface area contributed by atoms with Crippen LogP contribution < -0.4 is 10.1 Å². The third-order valence-corrected chi connectivity index (χ3v) is 5.86. The minimum absolute atomic E-state index is 0.0152. The van der Waals surface area contributed by atoms with Crippen LogP contribution >= 0.6 is 0 Å². The van der Waals surface area contributed by atoms with Crippen LogP contribution in [0.1, 0.15) is 39.5 Å². The summed E-state index contributed by atoms with van der Waals surface area (Å²) in [6.45, 7) is 4.53. The lowest BCUT2D eigenvalue weighted by Crippen LogP contribution is -2.56. The van der Waals surface area contributed by atoms with E-state index in [2.05, 4.69) is 44.5 Å². The Labute approximate surface area is 168 Å². The van der Waals surface area contributed by atoms with Crippen LogP contribution in [0.3, 0.4) is 0 Å². The second-order valence-electron chi connectivity index (χ2n) is 8.53. The summed E-state index contributed by atoms with van der Waals surface area (Å²) < 4.78 is 6.14. The van der Waals surface area contributed by atoms with Gasteiger partial charge in [-0.3, -0.25) is 0 Å². The fraction of sp³-hybridized carbons (Fsp3) is 0.450. The van der Waals surface area contributed by atoms with Gasteiger partial charge in [-0.15, -0.1) is 15.0 Å². The maximum absolute atomic E-state index is 10.4. The minimum atomic E-state index is -0.0152. The van der Waals surface area contributed by atoms with Crippen molar-refractivity contribution >= 4 is 0 Å². The standard InChI is InChI=1S/C20H23N7O2/c1-19-5-6-20(2,26-19)11-14(10-19)29-17-4-3-15(24-25-17)18-16(28)9-13(12-21-18)27-22-7-8-23-27/h3-4,7-9,12,14,26,28H,5-6,10-11H2,1-2H3/t14-,19+,20-. The van der Waals surface area contributed by atoms with Crippen LogP contribution in [0.15, 0.2) is 36.8 Å². The van der Waals surface area contributed by atoms with Crippen molar-refractivity contribution < 1.29 is 9.84 Å². The van der Waals surface area contributed by atoms with E-state index in [1.807, 2.05) is 0 Å². The third-order valence-electron chi connectivity index (χ3n) is 5.86. The highest BCUT2D eigenvalue weighted by atomic mass is 16.5. The molecule has 0 aliphatic carbocycles. The third kappa shape index (κ3) is 3.42. The molecule has 0 saturated carbocycles. The highest BCUT2D eigenvalue weighted by Crippen LogP contribution is 2.43. The molecule has 150 valence electrons. The first-order valence-corrected chi connectivity index (χ1v) is 9.77. The lowest BCUT2D eigenvalue weighted by Gasteiger charge is -2.41. The molecule has 3 aromatic heterocycles. The topological polar surface area (TPSA) is 111 Å². The zero-order valence-corrected chi connectivity index (χ0v) is 16.4. The number of piperidine rings is 1. The molecular weight excluding hydrogens is 370 g/mol. The van der Waals surface area contributed by atoms with E-state index < -0.39 is 0 Å². The molecule has 0 radical (unpaired) electrons. The van der Waals surface area contributed by atoms with E-state index in [9.17, 15) is 5.11 Å². The Balaban J connectivity index is 1.32. The Morgan fingerprint density at radius 3 is 2.45 bits per heavy atom. The number of rotatable bonds is 4. The van der Waals surface area contributed by atoms with E-state index in [0.717, 1.165) is 12.8 Å². The highest BCUT2D eigenvalue weighted by molar-refractivity contribution is 5.63. The van der Waals surface area contributed by atoms with Crippen LogP contribution in [0.2, 0.25) is 0 Å². The first kappa shape index (κ1) is 18.0. The summed E-state index contributed by atoms with van der Waals surface area (Å²) in [5.74, 6) is 0.475. The van der Waals surface area contributed by atoms with Crippen LogP contribution in [0, 0.1) is 0 Å². The number of fused-ring (bicyclic) bond motifs is 2. The number of nitrogens with one attached hydrogen (secondary N) is 1. The number of ether oxygens (including phenoxy) is 1. The van der Waals surface area contributed by atoms with Gasteiger partial charge in [0.25, 0.3) is 0 Å². The van der Waals surface area contributed by atoms with Gasteiger partial charge in [0.1, 0.15) is 28.9 Å². The van der Waals surface area contributed by atoms with E-state index in [-0.39, 0.29) is 22.9 Å². The van der Waals surface area contributed by atoms with Crippen molar-refractivity contribution in [3.05, 3.63) is 36.8 Å². The highest BCUT2D eigenvalue weighted by Gasteiger charge is 2.49. The second-order valence-corrected chi connectivity index (χ2v) is 8.53. The maximum atomic E-state index is 10.4. The van der Waals surface area contributed by atoms with Crippen LogP contribution in [0.4, 0.5) is 0 Å². The minimum Gasteiger partial charge on any atom is -0.506 e. The zero-order valence-electron chi connectivity index (χ0n) is 16.4. The van der Waals surface area contributed by atoms with Gasteiger partial charge in [0.05, 0.1) is 18.6 Å². The lowest BCUT2D eigenvalue weighted by molar-refractivity contribution is 0.0754. The van der Waals surface area contributed by atoms with Gasteiger partial charge in [0.15, 0.2) is 0 Å². The van der Waals surface area contributed by atoms with Crippen molar-refractivity contribution in [2.45, 2.75) is 56.7 Å². The van der Waals surface area contributed by atoms with Gasteiger partial charge in [-0.25, -0.2) is 4.98 Å². The predicted molar refractivity (Wildman–Crippen MR) is 105 cm³/mol. The van der Waals surface area contributed by atoms with Gasteiger partial charge in [0, 0.05) is 36.1 Å². The molecule has 2 saturated heterocycles. The lowest BCUT2D eigenvalue weighted by atomic mass is 9.86. The number of hydrogen-bond donors (Lipinski definition) is 2. The van der Waals surface area contributed by atoms with Crippen molar-refractivity contribution in [3.63, 3.8) is 0 Å². The van der Waals surface area contributed by atoms with Crippen LogP contribution in [0.25, 0.3) is 17.1 Å². The Morgan fingerprint density at radius 1 is 1.10 bits per heavy atom. The van der Waals surface area contributed by atoms with Crippen molar-refractivity contribution in [2.24, 2.45) is 0 Å². The average Bonchev–Trinajstić information content (AvgIpc) is 3.28. The van der Waals surface area contributed by atoms with E-state index in [0.29, 0.717) is 23.0 Å². The largest absolute Gasteiger partial charge is 0.506 e. The molecule has 5 rings (SSSR count). The molecule has 2 fully saturated rings. The molecular formula is C20H23N7O2. The summed E-state index contributed by atoms with van der Waals surface area (Å²) in [5, 5.41) is 30.6. The van der Waals surface area contributed by atoms with Gasteiger partial charge < -0.3 is 15.2 Å². The molecule has 0 spiro atoms. The molecule has 2 N–H and O–H groups in total. The fourth-order valence-corrected chi connectivity index (χ4v) is 4.65. The molecule has 29 heavy (non-hydrogen) atoms. The van der Waals surface area contributed by atoms with Gasteiger partial charge in [-0.1, -0.05) is 0 Å². The van der Waals surface area contributed by atoms with E-state index in [4.69, 9.17) is 4.74 Å². The maximum Gasteiger partial charge on any atom is 0.233 e. The summed E-state index contributed by atoms with van der Waals surface area (Å²) in [4.78, 5) is 5.67. The average molecular weight is 393 g/mol. The van der Waals surface area contributed by atoms with Crippen LogP contribution in [-0.2, 0) is 0 Å². The predicted octanol–water partition coefficient (Wildman–Crippen LogP) is 2.27. The van der Waals surface area contributed by atoms with Crippen molar-refractivity contribution in [3.8, 4) is 28.7 Å². The number of aromatic nitrogens is 6. The number of pyridine rings is 1. The van der Waals surface area contributed by atoms with Gasteiger partial charge >= 0.3 is 0 Å². The Bertz CT molecular complexity index is 1010. The van der Waals surface area contributed by atoms with Crippen molar-refractivity contribution in [1.82, 2.24) is 35.5 Å². The number of hydrogen-bond acceptors (Lipinski definition) is 8. The van der Waals surface area contributed by atoms with Crippen LogP contribution in [0.5, 0.6) is 11.6 Å². The molecule has 2 aliphatic heterocycles. The molecule has 5 heterocycles. The summed E-state index contributed by atoms with van der Waals surface area (Å²) in [7, 11) is 0. The van der Waals surface area contributed by atoms with E-state index in [1.54, 1.807) is 36.8 Å². The molecule has 0 unspecified atom stereocenters. The molecule has 0 aromatic carbocycles. The molecule has 2 aliphatic rings.